The van der Waals surface area contributed by atoms with Crippen LogP contribution in [-0.4, -0.2) is 46.6 Å². The number of aliphatic carboxylic acids is 1. The number of rotatable bonds is 5. The van der Waals surface area contributed by atoms with Crippen LogP contribution in [0.1, 0.15) is 25.7 Å². The van der Waals surface area contributed by atoms with E-state index in [0.717, 1.165) is 47.5 Å². The van der Waals surface area contributed by atoms with Crippen LogP contribution in [0.4, 0.5) is 5.82 Å². The molecule has 0 saturated heterocycles. The van der Waals surface area contributed by atoms with Gasteiger partial charge < -0.3 is 20.0 Å². The number of para-hydroxylation sites is 1. The van der Waals surface area contributed by atoms with Crippen molar-refractivity contribution < 1.29 is 9.90 Å². The summed E-state index contributed by atoms with van der Waals surface area (Å²) in [5, 5.41) is 15.6. The molecule has 1 aromatic carbocycles. The standard InChI is InChI=1S/C27H25N7O2/c35-27(36)23-16-5-7-17(8-6-16)24(23)31-21-11-22(34-10-9-15-3-1-2-4-20(15)34)33-26(32-21)19-13-29-25-18(19)12-28-14-30-25/h1-4,9-14,16-17,23-24H,5-8H2,(H,35,36)(H,28,29,30)(H,31,32,33). The number of nitrogens with one attached hydrogen (secondary N) is 2. The number of fused-ring (bicyclic) bond motifs is 5. The fraction of sp³-hybridized carbons (Fsp3) is 0.296. The molecule has 0 radical (unpaired) electrons. The zero-order chi connectivity index (χ0) is 24.2. The van der Waals surface area contributed by atoms with Gasteiger partial charge in [-0.05, 0) is 55.0 Å². The second kappa shape index (κ2) is 8.15. The molecule has 180 valence electrons. The highest BCUT2D eigenvalue weighted by molar-refractivity contribution is 5.91. The summed E-state index contributed by atoms with van der Waals surface area (Å²) in [4.78, 5) is 33.7. The van der Waals surface area contributed by atoms with Crippen molar-refractivity contribution in [2.24, 2.45) is 17.8 Å². The number of aromatic nitrogens is 6. The molecular formula is C27H25N7O2. The van der Waals surface area contributed by atoms with Gasteiger partial charge in [0.15, 0.2) is 5.82 Å². The Labute approximate surface area is 206 Å². The second-order valence-corrected chi connectivity index (χ2v) is 9.88. The SMILES string of the molecule is O=C(O)C1C2CCC(CC2)C1Nc1cc(-n2ccc3ccccc32)nc(-c2c[nH]c3ncncc23)n1. The zero-order valence-corrected chi connectivity index (χ0v) is 19.5. The van der Waals surface area contributed by atoms with E-state index >= 15 is 0 Å². The van der Waals surface area contributed by atoms with Gasteiger partial charge in [0.25, 0.3) is 0 Å². The highest BCUT2D eigenvalue weighted by Gasteiger charge is 2.47. The summed E-state index contributed by atoms with van der Waals surface area (Å²) in [5.41, 5.74) is 2.55. The molecule has 0 spiro atoms. The van der Waals surface area contributed by atoms with E-state index in [1.54, 1.807) is 6.20 Å². The molecule has 2 atom stereocenters. The van der Waals surface area contributed by atoms with Gasteiger partial charge in [-0.1, -0.05) is 18.2 Å². The number of aromatic amines is 1. The third-order valence-electron chi connectivity index (χ3n) is 7.97. The lowest BCUT2D eigenvalue weighted by Crippen LogP contribution is -2.51. The number of benzene rings is 1. The summed E-state index contributed by atoms with van der Waals surface area (Å²) in [5.74, 6) is 1.28. The lowest BCUT2D eigenvalue weighted by Gasteiger charge is -2.47. The number of carboxylic acids is 1. The summed E-state index contributed by atoms with van der Waals surface area (Å²) >= 11 is 0. The normalized spacial score (nSPS) is 23.3. The molecule has 8 rings (SSSR count). The number of nitrogens with zero attached hydrogens (tertiary/aromatic N) is 5. The third-order valence-corrected chi connectivity index (χ3v) is 7.97. The Bertz CT molecular complexity index is 1510. The molecule has 3 fully saturated rings. The Kier molecular flexibility index (Phi) is 4.77. The van der Waals surface area contributed by atoms with Crippen molar-refractivity contribution in [1.82, 2.24) is 29.5 Å². The molecular weight excluding hydrogens is 454 g/mol. The van der Waals surface area contributed by atoms with Gasteiger partial charge in [-0.15, -0.1) is 0 Å². The lowest BCUT2D eigenvalue weighted by molar-refractivity contribution is -0.148. The Morgan fingerprint density at radius 3 is 2.78 bits per heavy atom. The van der Waals surface area contributed by atoms with Crippen molar-refractivity contribution in [1.29, 1.82) is 0 Å². The number of H-pyrrole nitrogens is 1. The van der Waals surface area contributed by atoms with E-state index in [9.17, 15) is 9.90 Å². The van der Waals surface area contributed by atoms with Gasteiger partial charge in [-0.3, -0.25) is 4.79 Å². The van der Waals surface area contributed by atoms with Gasteiger partial charge in [0, 0.05) is 41.6 Å². The van der Waals surface area contributed by atoms with Gasteiger partial charge in [-0.25, -0.2) is 19.9 Å². The van der Waals surface area contributed by atoms with E-state index in [-0.39, 0.29) is 12.0 Å². The molecule has 4 aromatic heterocycles. The number of hydrogen-bond acceptors (Lipinski definition) is 6. The number of carboxylic acid groups (broad SMARTS) is 1. The van der Waals surface area contributed by atoms with Gasteiger partial charge in [0.05, 0.1) is 11.4 Å². The monoisotopic (exact) mass is 479 g/mol. The van der Waals surface area contributed by atoms with Crippen molar-refractivity contribution in [3.63, 3.8) is 0 Å². The first-order chi connectivity index (χ1) is 17.7. The van der Waals surface area contributed by atoms with Crippen LogP contribution in [0.2, 0.25) is 0 Å². The van der Waals surface area contributed by atoms with Crippen molar-refractivity contribution in [2.45, 2.75) is 31.7 Å². The van der Waals surface area contributed by atoms with Crippen molar-refractivity contribution in [2.75, 3.05) is 5.32 Å². The summed E-state index contributed by atoms with van der Waals surface area (Å²) < 4.78 is 2.04. The average molecular weight is 480 g/mol. The Hall–Kier alpha value is -4.27. The average Bonchev–Trinajstić information content (AvgIpc) is 3.54. The lowest BCUT2D eigenvalue weighted by atomic mass is 9.61. The van der Waals surface area contributed by atoms with Crippen molar-refractivity contribution >= 4 is 33.7 Å². The van der Waals surface area contributed by atoms with Crippen LogP contribution in [-0.2, 0) is 4.79 Å². The first-order valence-corrected chi connectivity index (χ1v) is 12.4. The minimum atomic E-state index is -0.721. The highest BCUT2D eigenvalue weighted by Crippen LogP contribution is 2.46. The van der Waals surface area contributed by atoms with E-state index in [1.165, 1.54) is 6.33 Å². The Morgan fingerprint density at radius 1 is 1.08 bits per heavy atom. The fourth-order valence-electron chi connectivity index (χ4n) is 6.26. The molecule has 3 aliphatic carbocycles. The number of hydrogen-bond donors (Lipinski definition) is 3. The maximum absolute atomic E-state index is 12.3. The van der Waals surface area contributed by atoms with Gasteiger partial charge in [0.2, 0.25) is 0 Å². The van der Waals surface area contributed by atoms with Crippen LogP contribution in [0.25, 0.3) is 39.1 Å². The summed E-state index contributed by atoms with van der Waals surface area (Å²) in [6.07, 6.45) is 11.2. The first kappa shape index (κ1) is 21.0. The maximum atomic E-state index is 12.3. The van der Waals surface area contributed by atoms with Gasteiger partial charge >= 0.3 is 5.97 Å². The molecule has 3 N–H and O–H groups in total. The summed E-state index contributed by atoms with van der Waals surface area (Å²) in [6, 6.07) is 12.0. The molecule has 3 aliphatic rings. The van der Waals surface area contributed by atoms with Crippen LogP contribution < -0.4 is 5.32 Å². The van der Waals surface area contributed by atoms with Crippen LogP contribution in [0.5, 0.6) is 0 Å². The molecule has 36 heavy (non-hydrogen) atoms. The molecule has 0 amide bonds. The number of anilines is 1. The van der Waals surface area contributed by atoms with E-state index in [0.29, 0.717) is 29.0 Å². The second-order valence-electron chi connectivity index (χ2n) is 9.88. The maximum Gasteiger partial charge on any atom is 0.308 e. The van der Waals surface area contributed by atoms with E-state index in [1.807, 2.05) is 35.2 Å². The smallest absolute Gasteiger partial charge is 0.308 e. The quantitative estimate of drug-likeness (QED) is 0.335. The predicted octanol–water partition coefficient (Wildman–Crippen LogP) is 4.66. The molecule has 0 aliphatic heterocycles. The first-order valence-electron chi connectivity index (χ1n) is 12.4. The molecule has 9 nitrogen and oxygen atoms in total. The highest BCUT2D eigenvalue weighted by atomic mass is 16.4. The summed E-state index contributed by atoms with van der Waals surface area (Å²) in [7, 11) is 0. The fourth-order valence-corrected chi connectivity index (χ4v) is 6.26. The van der Waals surface area contributed by atoms with Crippen LogP contribution in [0, 0.1) is 17.8 Å². The van der Waals surface area contributed by atoms with E-state index in [4.69, 9.17) is 9.97 Å². The van der Waals surface area contributed by atoms with Crippen molar-refractivity contribution in [3.8, 4) is 17.2 Å². The van der Waals surface area contributed by atoms with Crippen LogP contribution in [0.15, 0.2) is 61.3 Å². The third kappa shape index (κ3) is 3.34. The van der Waals surface area contributed by atoms with Gasteiger partial charge in [-0.2, -0.15) is 0 Å². The predicted molar refractivity (Wildman–Crippen MR) is 136 cm³/mol. The Morgan fingerprint density at radius 2 is 1.92 bits per heavy atom. The molecule has 2 unspecified atom stereocenters. The van der Waals surface area contributed by atoms with E-state index < -0.39 is 11.9 Å². The minimum absolute atomic E-state index is 0.154. The van der Waals surface area contributed by atoms with Crippen LogP contribution in [0.3, 0.4) is 0 Å². The topological polar surface area (TPSA) is 122 Å². The minimum Gasteiger partial charge on any atom is -0.481 e. The van der Waals surface area contributed by atoms with Gasteiger partial charge in [0.1, 0.15) is 23.6 Å². The molecule has 4 heterocycles. The zero-order valence-electron chi connectivity index (χ0n) is 19.5. The van der Waals surface area contributed by atoms with Crippen molar-refractivity contribution in [3.05, 3.63) is 61.3 Å². The molecule has 3 saturated carbocycles. The summed E-state index contributed by atoms with van der Waals surface area (Å²) in [6.45, 7) is 0. The number of carbonyl (C=O) groups is 1. The molecule has 2 bridgehead atoms. The van der Waals surface area contributed by atoms with E-state index in [2.05, 4.69) is 38.5 Å². The van der Waals surface area contributed by atoms with Crippen LogP contribution >= 0.6 is 0 Å². The molecule has 9 heteroatoms. The Balaban J connectivity index is 1.37. The largest absolute Gasteiger partial charge is 0.481 e. The molecule has 5 aromatic rings.